The predicted molar refractivity (Wildman–Crippen MR) is 146 cm³/mol. The minimum absolute atomic E-state index is 0.0246. The lowest BCUT2D eigenvalue weighted by Crippen LogP contribution is -2.54. The Morgan fingerprint density at radius 2 is 1.71 bits per heavy atom. The molecular formula is C26H35N3O7SSi. The van der Waals surface area contributed by atoms with Gasteiger partial charge in [0.2, 0.25) is 0 Å². The van der Waals surface area contributed by atoms with E-state index in [2.05, 4.69) is 33.9 Å². The van der Waals surface area contributed by atoms with E-state index in [1.807, 2.05) is 30.3 Å². The van der Waals surface area contributed by atoms with Crippen LogP contribution in [-0.4, -0.2) is 56.2 Å². The van der Waals surface area contributed by atoms with Gasteiger partial charge < -0.3 is 9.16 Å². The Morgan fingerprint density at radius 3 is 2.26 bits per heavy atom. The van der Waals surface area contributed by atoms with Crippen LogP contribution < -0.4 is 0 Å². The van der Waals surface area contributed by atoms with Crippen molar-refractivity contribution in [3.05, 3.63) is 82.2 Å². The van der Waals surface area contributed by atoms with E-state index >= 15 is 0 Å². The van der Waals surface area contributed by atoms with E-state index < -0.39 is 35.4 Å². The second-order valence-electron chi connectivity index (χ2n) is 10.7. The van der Waals surface area contributed by atoms with Gasteiger partial charge in [-0.25, -0.2) is 13.2 Å². The Kier molecular flexibility index (Phi) is 8.69. The van der Waals surface area contributed by atoms with Crippen LogP contribution in [0.5, 0.6) is 0 Å². The van der Waals surface area contributed by atoms with Crippen molar-refractivity contribution in [2.45, 2.75) is 63.4 Å². The molecule has 38 heavy (non-hydrogen) atoms. The van der Waals surface area contributed by atoms with E-state index in [1.54, 1.807) is 6.92 Å². The quantitative estimate of drug-likeness (QED) is 0.237. The number of carbonyl (C=O) groups is 1. The summed E-state index contributed by atoms with van der Waals surface area (Å²) in [5, 5.41) is 10.9. The number of ether oxygens (including phenoxy) is 1. The van der Waals surface area contributed by atoms with Crippen LogP contribution in [0.4, 0.5) is 10.5 Å². The van der Waals surface area contributed by atoms with Crippen LogP contribution in [0.1, 0.15) is 33.3 Å². The summed E-state index contributed by atoms with van der Waals surface area (Å²) < 4.78 is 40.4. The van der Waals surface area contributed by atoms with Crippen LogP contribution in [0.25, 0.3) is 0 Å². The highest BCUT2D eigenvalue weighted by Crippen LogP contribution is 2.37. The van der Waals surface area contributed by atoms with Crippen LogP contribution in [0.3, 0.4) is 0 Å². The second-order valence-corrected chi connectivity index (χ2v) is 17.4. The summed E-state index contributed by atoms with van der Waals surface area (Å²) in [4.78, 5) is 24.8. The molecule has 1 atom stereocenters. The molecule has 1 unspecified atom stereocenters. The van der Waals surface area contributed by atoms with Gasteiger partial charge in [-0.15, -0.1) is 0 Å². The number of hydrogen-bond acceptors (Lipinski definition) is 7. The first-order valence-electron chi connectivity index (χ1n) is 12.2. The maximum absolute atomic E-state index is 13.7. The third-order valence-corrected chi connectivity index (χ3v) is 13.3. The third-order valence-electron chi connectivity index (χ3n) is 6.98. The zero-order valence-electron chi connectivity index (χ0n) is 22.6. The maximum Gasteiger partial charge on any atom is 0.414 e. The first-order chi connectivity index (χ1) is 17.6. The fraction of sp³-hybridized carbons (Fsp3) is 0.423. The first-order valence-corrected chi connectivity index (χ1v) is 16.6. The molecule has 0 aliphatic carbocycles. The maximum atomic E-state index is 13.7. The molecule has 0 spiro atoms. The minimum Gasteiger partial charge on any atom is -0.444 e. The van der Waals surface area contributed by atoms with E-state index in [9.17, 15) is 23.3 Å². The molecule has 0 saturated heterocycles. The largest absolute Gasteiger partial charge is 0.444 e. The lowest BCUT2D eigenvalue weighted by molar-refractivity contribution is -0.384. The number of nitro groups is 1. The third kappa shape index (κ3) is 6.61. The molecule has 0 saturated carbocycles. The zero-order chi connectivity index (χ0) is 28.3. The number of allylic oxidation sites excluding steroid dienone is 1. The highest BCUT2D eigenvalue weighted by atomic mass is 32.2. The smallest absolute Gasteiger partial charge is 0.414 e. The Morgan fingerprint density at radius 1 is 1.11 bits per heavy atom. The average molecular weight is 562 g/mol. The number of non-ortho nitro benzene ring substituents is 1. The lowest BCUT2D eigenvalue weighted by atomic mass is 10.2. The highest BCUT2D eigenvalue weighted by Gasteiger charge is 2.41. The molecule has 0 radical (unpaired) electrons. The number of carbonyl (C=O) groups excluding carboxylic acids is 1. The van der Waals surface area contributed by atoms with Crippen molar-refractivity contribution in [2.24, 2.45) is 0 Å². The van der Waals surface area contributed by atoms with Crippen molar-refractivity contribution < 1.29 is 27.3 Å². The standard InChI is InChI=1S/C26H35N3O7SSi/c1-20-16-28(37(33,34)24-14-12-22(13-15-24)29(31)32)23(19-36-38(5,6)26(2,3)4)17-27(20)25(30)35-18-21-10-8-7-9-11-21/h7-16,23H,17-19H2,1-6H3. The van der Waals surface area contributed by atoms with Gasteiger partial charge in [0.25, 0.3) is 15.7 Å². The van der Waals surface area contributed by atoms with Gasteiger partial charge >= 0.3 is 6.09 Å². The summed E-state index contributed by atoms with van der Waals surface area (Å²) in [6, 6.07) is 13.3. The van der Waals surface area contributed by atoms with Gasteiger partial charge in [-0.1, -0.05) is 51.1 Å². The van der Waals surface area contributed by atoms with Crippen molar-refractivity contribution in [3.63, 3.8) is 0 Å². The number of benzene rings is 2. The van der Waals surface area contributed by atoms with Gasteiger partial charge in [0.1, 0.15) is 6.61 Å². The summed E-state index contributed by atoms with van der Waals surface area (Å²) in [5.41, 5.74) is 1.01. The summed E-state index contributed by atoms with van der Waals surface area (Å²) in [5.74, 6) is 0. The van der Waals surface area contributed by atoms with Crippen LogP contribution in [0.2, 0.25) is 18.1 Å². The molecule has 0 aromatic heterocycles. The monoisotopic (exact) mass is 561 g/mol. The van der Waals surface area contributed by atoms with Crippen LogP contribution in [0, 0.1) is 10.1 Å². The molecule has 0 bridgehead atoms. The molecule has 1 heterocycles. The van der Waals surface area contributed by atoms with Crippen LogP contribution >= 0.6 is 0 Å². The van der Waals surface area contributed by atoms with Gasteiger partial charge in [-0.05, 0) is 42.8 Å². The van der Waals surface area contributed by atoms with Gasteiger partial charge in [0, 0.05) is 24.0 Å². The molecule has 10 nitrogen and oxygen atoms in total. The van der Waals surface area contributed by atoms with E-state index in [0.717, 1.165) is 17.7 Å². The molecule has 0 N–H and O–H groups in total. The van der Waals surface area contributed by atoms with E-state index in [-0.39, 0.29) is 35.4 Å². The van der Waals surface area contributed by atoms with Gasteiger partial charge in [0.15, 0.2) is 8.32 Å². The van der Waals surface area contributed by atoms with Crippen molar-refractivity contribution in [1.29, 1.82) is 0 Å². The van der Waals surface area contributed by atoms with Crippen molar-refractivity contribution in [1.82, 2.24) is 9.21 Å². The van der Waals surface area contributed by atoms with E-state index in [4.69, 9.17) is 9.16 Å². The molecule has 206 valence electrons. The number of amides is 1. The number of hydrogen-bond donors (Lipinski definition) is 0. The number of nitro benzene ring substituents is 1. The van der Waals surface area contributed by atoms with Gasteiger partial charge in [0.05, 0.1) is 29.0 Å². The number of nitrogens with zero attached hydrogens (tertiary/aromatic N) is 3. The summed E-state index contributed by atoms with van der Waals surface area (Å²) >= 11 is 0. The molecule has 12 heteroatoms. The molecule has 0 fully saturated rings. The normalized spacial score (nSPS) is 16.7. The Labute approximate surface area is 225 Å². The van der Waals surface area contributed by atoms with Crippen molar-refractivity contribution >= 4 is 30.1 Å². The van der Waals surface area contributed by atoms with Gasteiger partial charge in [-0.2, -0.15) is 0 Å². The Bertz CT molecular complexity index is 1290. The molecule has 3 rings (SSSR count). The van der Waals surface area contributed by atoms with E-state index in [0.29, 0.717) is 5.70 Å². The van der Waals surface area contributed by atoms with Crippen LogP contribution in [0.15, 0.2) is 71.4 Å². The summed E-state index contributed by atoms with van der Waals surface area (Å²) in [6.07, 6.45) is 0.802. The minimum atomic E-state index is -4.10. The molecule has 2 aromatic rings. The first kappa shape index (κ1) is 29.3. The fourth-order valence-electron chi connectivity index (χ4n) is 3.58. The zero-order valence-corrected chi connectivity index (χ0v) is 24.4. The number of sulfonamides is 1. The van der Waals surface area contributed by atoms with Crippen LogP contribution in [-0.2, 0) is 25.8 Å². The highest BCUT2D eigenvalue weighted by molar-refractivity contribution is 7.89. The van der Waals surface area contributed by atoms with Crippen molar-refractivity contribution in [2.75, 3.05) is 13.2 Å². The molecule has 1 aliphatic rings. The van der Waals surface area contributed by atoms with Crippen molar-refractivity contribution in [3.8, 4) is 0 Å². The molecular weight excluding hydrogens is 526 g/mol. The SMILES string of the molecule is CC1=CN(S(=O)(=O)c2ccc([N+](=O)[O-])cc2)C(CO[Si](C)(C)C(C)(C)C)CN1C(=O)OCc1ccccc1. The Balaban J connectivity index is 1.91. The molecule has 2 aromatic carbocycles. The lowest BCUT2D eigenvalue weighted by Gasteiger charge is -2.42. The fourth-order valence-corrected chi connectivity index (χ4v) is 6.16. The summed E-state index contributed by atoms with van der Waals surface area (Å²) in [6.45, 7) is 12.2. The predicted octanol–water partition coefficient (Wildman–Crippen LogP) is 5.49. The molecule has 1 amide bonds. The topological polar surface area (TPSA) is 119 Å². The van der Waals surface area contributed by atoms with E-state index in [1.165, 1.54) is 27.5 Å². The van der Waals surface area contributed by atoms with Gasteiger partial charge in [-0.3, -0.25) is 19.3 Å². The molecule has 1 aliphatic heterocycles. The second kappa shape index (κ2) is 11.3. The summed E-state index contributed by atoms with van der Waals surface area (Å²) in [7, 11) is -6.36. The number of rotatable bonds is 8. The average Bonchev–Trinajstić information content (AvgIpc) is 2.86. The Hall–Kier alpha value is -3.22.